The van der Waals surface area contributed by atoms with E-state index in [-0.39, 0.29) is 12.5 Å². The lowest BCUT2D eigenvalue weighted by Crippen LogP contribution is -2.45. The van der Waals surface area contributed by atoms with E-state index in [0.29, 0.717) is 15.8 Å². The topological polar surface area (TPSA) is 86.3 Å². The van der Waals surface area contributed by atoms with Crippen LogP contribution in [-0.2, 0) is 4.74 Å². The van der Waals surface area contributed by atoms with E-state index in [1.165, 1.54) is 11.3 Å². The molecule has 0 radical (unpaired) electrons. The van der Waals surface area contributed by atoms with Crippen LogP contribution in [0.1, 0.15) is 9.67 Å². The number of halogens is 2. The van der Waals surface area contributed by atoms with Gasteiger partial charge in [0.2, 0.25) is 0 Å². The number of rotatable bonds is 5. The number of carbonyl (C=O) groups excluding carboxylic acids is 2. The Morgan fingerprint density at radius 1 is 1.31 bits per heavy atom. The van der Waals surface area contributed by atoms with Gasteiger partial charge in [-0.25, -0.2) is 4.79 Å². The summed E-state index contributed by atoms with van der Waals surface area (Å²) in [6.07, 6.45) is -0.836. The molecule has 1 atom stereocenters. The molecular weight excluding hydrogens is 529 g/mol. The van der Waals surface area contributed by atoms with Crippen LogP contribution < -0.4 is 20.7 Å². The molecule has 1 fully saturated rings. The van der Waals surface area contributed by atoms with E-state index in [1.54, 1.807) is 17.0 Å². The summed E-state index contributed by atoms with van der Waals surface area (Å²) < 4.78 is 6.79. The van der Waals surface area contributed by atoms with E-state index in [0.717, 1.165) is 28.3 Å². The van der Waals surface area contributed by atoms with Crippen molar-refractivity contribution in [3.8, 4) is 0 Å². The first-order valence-electron chi connectivity index (χ1n) is 8.85. The smallest absolute Gasteiger partial charge is 0.414 e. The van der Waals surface area contributed by atoms with E-state index in [2.05, 4.69) is 38.3 Å². The molecule has 4 rings (SSSR count). The first-order valence-corrected chi connectivity index (χ1v) is 11.1. The number of carbonyl (C=O) groups is 2. The standard InChI is InChI=1S/C18H17ClIN5O3S/c19-15-6-5-14(29-15)16(26)22-9-13-10-24(18(27)28-13)11-1-3-12(4-2-11)25-8-7-21-17(20)23-25/h1-6,13H,7-10H2,(H,21,23)(H,22,26)/t13-/m0/s1. The summed E-state index contributed by atoms with van der Waals surface area (Å²) in [5.74, 6) is -0.229. The molecule has 0 bridgehead atoms. The van der Waals surface area contributed by atoms with Crippen LogP contribution in [0.15, 0.2) is 41.4 Å². The Bertz CT molecular complexity index is 951. The highest BCUT2D eigenvalue weighted by molar-refractivity contribution is 14.1. The predicted molar refractivity (Wildman–Crippen MR) is 123 cm³/mol. The van der Waals surface area contributed by atoms with E-state index in [9.17, 15) is 9.59 Å². The van der Waals surface area contributed by atoms with E-state index >= 15 is 0 Å². The van der Waals surface area contributed by atoms with Gasteiger partial charge < -0.3 is 10.1 Å². The summed E-state index contributed by atoms with van der Waals surface area (Å²) in [7, 11) is 0. The van der Waals surface area contributed by atoms with Crippen LogP contribution in [0.3, 0.4) is 0 Å². The Morgan fingerprint density at radius 2 is 2.07 bits per heavy atom. The van der Waals surface area contributed by atoms with Gasteiger partial charge in [-0.2, -0.15) is 0 Å². The van der Waals surface area contributed by atoms with Gasteiger partial charge in [0.15, 0.2) is 3.84 Å². The Kier molecular flexibility index (Phi) is 6.11. The number of hydrogen-bond donors (Lipinski definition) is 2. The average Bonchev–Trinajstić information content (AvgIpc) is 3.32. The second-order valence-electron chi connectivity index (χ2n) is 6.38. The van der Waals surface area contributed by atoms with Gasteiger partial charge in [0.25, 0.3) is 5.91 Å². The van der Waals surface area contributed by atoms with Crippen molar-refractivity contribution in [3.05, 3.63) is 45.6 Å². The van der Waals surface area contributed by atoms with Crippen molar-refractivity contribution in [1.29, 1.82) is 0 Å². The second-order valence-corrected chi connectivity index (χ2v) is 9.12. The van der Waals surface area contributed by atoms with E-state index in [1.807, 2.05) is 29.3 Å². The normalized spacial score (nSPS) is 18.9. The third-order valence-electron chi connectivity index (χ3n) is 4.44. The van der Waals surface area contributed by atoms with Gasteiger partial charge in [-0.1, -0.05) is 11.6 Å². The van der Waals surface area contributed by atoms with Gasteiger partial charge >= 0.3 is 6.09 Å². The summed E-state index contributed by atoms with van der Waals surface area (Å²) in [6.45, 7) is 2.12. The number of hydrazine groups is 1. The molecule has 11 heteroatoms. The zero-order chi connectivity index (χ0) is 20.4. The van der Waals surface area contributed by atoms with Crippen molar-refractivity contribution in [3.63, 3.8) is 0 Å². The number of thiophene rings is 1. The molecule has 1 aromatic carbocycles. The zero-order valence-corrected chi connectivity index (χ0v) is 18.8. The number of benzene rings is 1. The van der Waals surface area contributed by atoms with Crippen LogP contribution in [0, 0.1) is 0 Å². The fourth-order valence-corrected chi connectivity index (χ4v) is 4.52. The van der Waals surface area contributed by atoms with E-state index in [4.69, 9.17) is 16.3 Å². The highest BCUT2D eigenvalue weighted by Gasteiger charge is 2.32. The molecule has 2 N–H and O–H groups in total. The minimum Gasteiger partial charge on any atom is -0.442 e. The Labute approximate surface area is 190 Å². The van der Waals surface area contributed by atoms with Crippen LogP contribution in [0.25, 0.3) is 0 Å². The Balaban J connectivity index is 1.34. The van der Waals surface area contributed by atoms with Crippen molar-refractivity contribution in [2.75, 3.05) is 36.1 Å². The summed E-state index contributed by atoms with van der Waals surface area (Å²) in [5.41, 5.74) is 4.93. The van der Waals surface area contributed by atoms with Crippen LogP contribution in [0.2, 0.25) is 4.34 Å². The van der Waals surface area contributed by atoms with Crippen molar-refractivity contribution in [2.24, 2.45) is 4.99 Å². The lowest BCUT2D eigenvalue weighted by atomic mass is 10.2. The van der Waals surface area contributed by atoms with Gasteiger partial charge in [0.1, 0.15) is 6.10 Å². The number of nitrogens with zero attached hydrogens (tertiary/aromatic N) is 3. The number of cyclic esters (lactones) is 1. The predicted octanol–water partition coefficient (Wildman–Crippen LogP) is 3.27. The number of hydrogen-bond acceptors (Lipinski definition) is 7. The minimum atomic E-state index is -0.422. The largest absolute Gasteiger partial charge is 0.442 e. The van der Waals surface area contributed by atoms with Gasteiger partial charge in [0.05, 0.1) is 41.1 Å². The molecular formula is C18H17ClIN5O3S. The van der Waals surface area contributed by atoms with Crippen LogP contribution >= 0.6 is 45.5 Å². The van der Waals surface area contributed by atoms with Gasteiger partial charge in [0, 0.05) is 28.3 Å². The third kappa shape index (κ3) is 4.75. The van der Waals surface area contributed by atoms with Crippen molar-refractivity contribution >= 4 is 72.7 Å². The van der Waals surface area contributed by atoms with Gasteiger partial charge in [-0.15, -0.1) is 11.3 Å². The number of nitrogens with one attached hydrogen (secondary N) is 2. The lowest BCUT2D eigenvalue weighted by molar-refractivity contribution is 0.0920. The molecule has 1 saturated heterocycles. The maximum Gasteiger partial charge on any atom is 0.414 e. The average molecular weight is 546 g/mol. The molecule has 152 valence electrons. The van der Waals surface area contributed by atoms with Crippen LogP contribution in [0.4, 0.5) is 16.2 Å². The van der Waals surface area contributed by atoms with Crippen molar-refractivity contribution in [1.82, 2.24) is 10.7 Å². The Hall–Kier alpha value is -2.05. The van der Waals surface area contributed by atoms with E-state index < -0.39 is 12.2 Å². The van der Waals surface area contributed by atoms with Crippen molar-refractivity contribution in [2.45, 2.75) is 6.10 Å². The van der Waals surface area contributed by atoms with Crippen LogP contribution in [0.5, 0.6) is 0 Å². The number of ether oxygens (including phenoxy) is 1. The number of aliphatic imine (C=N–C) groups is 1. The molecule has 2 amide bonds. The quantitative estimate of drug-likeness (QED) is 0.445. The minimum absolute atomic E-state index is 0.229. The first kappa shape index (κ1) is 20.2. The van der Waals surface area contributed by atoms with Crippen LogP contribution in [-0.4, -0.2) is 48.1 Å². The maximum absolute atomic E-state index is 12.3. The molecule has 8 nitrogen and oxygen atoms in total. The zero-order valence-electron chi connectivity index (χ0n) is 15.1. The number of amidine groups is 1. The SMILES string of the molecule is O=C(NC[C@H]1CN(c2ccc(N3CCN=C(I)N3)cc2)C(=O)O1)c1ccc(Cl)s1. The summed E-state index contributed by atoms with van der Waals surface area (Å²) >= 11 is 9.21. The lowest BCUT2D eigenvalue weighted by Gasteiger charge is -2.28. The molecule has 29 heavy (non-hydrogen) atoms. The third-order valence-corrected chi connectivity index (χ3v) is 6.25. The Morgan fingerprint density at radius 3 is 2.76 bits per heavy atom. The first-order chi connectivity index (χ1) is 14.0. The maximum atomic E-state index is 12.3. The molecule has 0 spiro atoms. The summed E-state index contributed by atoms with van der Waals surface area (Å²) in [5, 5.41) is 4.80. The summed E-state index contributed by atoms with van der Waals surface area (Å²) in [4.78, 5) is 30.8. The molecule has 0 saturated carbocycles. The van der Waals surface area contributed by atoms with Gasteiger partial charge in [-0.05, 0) is 36.4 Å². The highest BCUT2D eigenvalue weighted by atomic mass is 127. The fraction of sp³-hybridized carbons (Fsp3) is 0.278. The monoisotopic (exact) mass is 545 g/mol. The molecule has 2 aliphatic heterocycles. The molecule has 2 aromatic rings. The second kappa shape index (κ2) is 8.76. The molecule has 0 aliphatic carbocycles. The summed E-state index contributed by atoms with van der Waals surface area (Å²) in [6, 6.07) is 11.0. The molecule has 3 heterocycles. The fourth-order valence-electron chi connectivity index (χ4n) is 3.03. The number of anilines is 2. The number of amides is 2. The van der Waals surface area contributed by atoms with Crippen molar-refractivity contribution < 1.29 is 14.3 Å². The molecule has 2 aliphatic rings. The molecule has 0 unspecified atom stereocenters. The highest BCUT2D eigenvalue weighted by Crippen LogP contribution is 2.25. The van der Waals surface area contributed by atoms with Gasteiger partial charge in [-0.3, -0.25) is 25.1 Å². The molecule has 1 aromatic heterocycles.